The fourth-order valence-corrected chi connectivity index (χ4v) is 2.47. The molecule has 7 heteroatoms. The van der Waals surface area contributed by atoms with Crippen molar-refractivity contribution in [3.05, 3.63) is 33.5 Å². The van der Waals surface area contributed by atoms with Gasteiger partial charge in [-0.2, -0.15) is 0 Å². The van der Waals surface area contributed by atoms with E-state index in [9.17, 15) is 14.7 Å². The van der Waals surface area contributed by atoms with Gasteiger partial charge in [0.1, 0.15) is 0 Å². The minimum atomic E-state index is -1.16. The van der Waals surface area contributed by atoms with E-state index in [1.807, 2.05) is 0 Å². The van der Waals surface area contributed by atoms with Crippen molar-refractivity contribution in [1.29, 1.82) is 0 Å². The molecule has 1 aromatic rings. The van der Waals surface area contributed by atoms with Gasteiger partial charge >= 0.3 is 35.5 Å². The minimum Gasteiger partial charge on any atom is -0.550 e. The second-order valence-electron chi connectivity index (χ2n) is 3.75. The largest absolute Gasteiger partial charge is 1.00 e. The topological polar surface area (TPSA) is 92.5 Å². The second-order valence-corrected chi connectivity index (χ2v) is 4.70. The average Bonchev–Trinajstić information content (AvgIpc) is 2.74. The van der Waals surface area contributed by atoms with E-state index in [0.29, 0.717) is 11.1 Å². The van der Waals surface area contributed by atoms with Crippen molar-refractivity contribution in [2.24, 2.45) is 5.73 Å². The molecular weight excluding hydrogens is 277 g/mol. The van der Waals surface area contributed by atoms with Gasteiger partial charge in [0.05, 0.1) is 13.2 Å². The van der Waals surface area contributed by atoms with Crippen LogP contribution in [0.4, 0.5) is 0 Å². The Balaban J connectivity index is 0.00000324. The molecule has 0 radical (unpaired) electrons. The van der Waals surface area contributed by atoms with E-state index < -0.39 is 18.0 Å². The molecule has 0 bridgehead atoms. The molecule has 1 aromatic heterocycles. The van der Waals surface area contributed by atoms with Crippen LogP contribution in [0.2, 0.25) is 0 Å². The number of carboxylic acids is 1. The molecule has 19 heavy (non-hydrogen) atoms. The van der Waals surface area contributed by atoms with Gasteiger partial charge in [-0.25, -0.2) is 4.79 Å². The van der Waals surface area contributed by atoms with Gasteiger partial charge in [-0.3, -0.25) is 0 Å². The van der Waals surface area contributed by atoms with Crippen LogP contribution in [0.5, 0.6) is 0 Å². The van der Waals surface area contributed by atoms with E-state index in [1.165, 1.54) is 24.5 Å². The Hall–Kier alpha value is -0.660. The Labute approximate surface area is 137 Å². The standard InChI is InChI=1S/C12H15NO4S.Na/c1-7(5-10(16)17-2)11(13)12-8(3-4-18-12)6-9(14)15;/h3-5,11H,6,13H2,1-2H3,(H,14,15);/q;+1/p-1. The van der Waals surface area contributed by atoms with Gasteiger partial charge in [0.2, 0.25) is 0 Å². The fourth-order valence-electron chi connectivity index (χ4n) is 1.46. The molecule has 0 fully saturated rings. The first kappa shape index (κ1) is 18.3. The number of rotatable bonds is 5. The van der Waals surface area contributed by atoms with Crippen LogP contribution < -0.4 is 40.4 Å². The number of thiophene rings is 1. The maximum Gasteiger partial charge on any atom is 1.00 e. The third kappa shape index (κ3) is 5.46. The van der Waals surface area contributed by atoms with Crippen molar-refractivity contribution in [3.63, 3.8) is 0 Å². The van der Waals surface area contributed by atoms with E-state index in [-0.39, 0.29) is 36.0 Å². The molecule has 0 spiro atoms. The molecule has 0 saturated carbocycles. The van der Waals surface area contributed by atoms with E-state index in [1.54, 1.807) is 18.4 Å². The van der Waals surface area contributed by atoms with Crippen molar-refractivity contribution in [3.8, 4) is 0 Å². The molecule has 98 valence electrons. The van der Waals surface area contributed by atoms with Crippen molar-refractivity contribution < 1.29 is 49.0 Å². The van der Waals surface area contributed by atoms with Crippen molar-refractivity contribution in [2.75, 3.05) is 7.11 Å². The number of methoxy groups -OCH3 is 1. The van der Waals surface area contributed by atoms with Gasteiger partial charge in [0.25, 0.3) is 0 Å². The zero-order valence-corrected chi connectivity index (χ0v) is 14.0. The molecule has 0 aliphatic heterocycles. The average molecular weight is 291 g/mol. The van der Waals surface area contributed by atoms with Gasteiger partial charge in [0, 0.05) is 23.3 Å². The molecule has 2 N–H and O–H groups in total. The molecule has 0 saturated heterocycles. The van der Waals surface area contributed by atoms with Crippen molar-refractivity contribution >= 4 is 23.3 Å². The Morgan fingerprint density at radius 3 is 2.74 bits per heavy atom. The van der Waals surface area contributed by atoms with Crippen LogP contribution in [0.25, 0.3) is 0 Å². The van der Waals surface area contributed by atoms with E-state index in [2.05, 4.69) is 4.74 Å². The molecule has 5 nitrogen and oxygen atoms in total. The van der Waals surface area contributed by atoms with Gasteiger partial charge in [-0.15, -0.1) is 11.3 Å². The smallest absolute Gasteiger partial charge is 0.550 e. The summed E-state index contributed by atoms with van der Waals surface area (Å²) in [7, 11) is 1.28. The van der Waals surface area contributed by atoms with Crippen LogP contribution in [0.3, 0.4) is 0 Å². The quantitative estimate of drug-likeness (QED) is 0.358. The zero-order valence-electron chi connectivity index (χ0n) is 11.1. The molecule has 1 atom stereocenters. The van der Waals surface area contributed by atoms with Gasteiger partial charge in [-0.05, 0) is 29.5 Å². The Bertz CT molecular complexity index is 484. The van der Waals surface area contributed by atoms with Crippen LogP contribution in [-0.4, -0.2) is 19.0 Å². The van der Waals surface area contributed by atoms with Crippen LogP contribution in [0, 0.1) is 0 Å². The molecule has 1 rings (SSSR count). The number of carbonyl (C=O) groups is 2. The first-order chi connectivity index (χ1) is 8.45. The maximum absolute atomic E-state index is 11.1. The summed E-state index contributed by atoms with van der Waals surface area (Å²) >= 11 is 1.35. The normalized spacial score (nSPS) is 12.5. The molecule has 1 heterocycles. The number of carbonyl (C=O) groups excluding carboxylic acids is 2. The van der Waals surface area contributed by atoms with Gasteiger partial charge in [0.15, 0.2) is 0 Å². The Morgan fingerprint density at radius 2 is 2.21 bits per heavy atom. The monoisotopic (exact) mass is 291 g/mol. The number of aliphatic carboxylic acids is 1. The number of hydrogen-bond donors (Lipinski definition) is 1. The summed E-state index contributed by atoms with van der Waals surface area (Å²) in [5.41, 5.74) is 7.21. The third-order valence-electron chi connectivity index (χ3n) is 2.44. The fraction of sp³-hybridized carbons (Fsp3) is 0.333. The van der Waals surface area contributed by atoms with Crippen LogP contribution in [0.1, 0.15) is 23.4 Å². The van der Waals surface area contributed by atoms with Crippen LogP contribution >= 0.6 is 11.3 Å². The summed E-state index contributed by atoms with van der Waals surface area (Å²) in [6.07, 6.45) is 1.12. The molecule has 1 unspecified atom stereocenters. The minimum absolute atomic E-state index is 0. The Kier molecular flexibility index (Phi) is 8.20. The number of esters is 1. The van der Waals surface area contributed by atoms with E-state index >= 15 is 0 Å². The summed E-state index contributed by atoms with van der Waals surface area (Å²) in [5.74, 6) is -1.64. The summed E-state index contributed by atoms with van der Waals surface area (Å²) < 4.78 is 4.51. The molecule has 0 aliphatic rings. The van der Waals surface area contributed by atoms with Gasteiger partial charge in [-0.1, -0.05) is 0 Å². The second kappa shape index (κ2) is 8.50. The predicted molar refractivity (Wildman–Crippen MR) is 65.7 cm³/mol. The first-order valence-electron chi connectivity index (χ1n) is 5.23. The molecule has 0 aliphatic carbocycles. The summed E-state index contributed by atoms with van der Waals surface area (Å²) in [6, 6.07) is 1.18. The SMILES string of the molecule is COC(=O)C=C(C)C(N)c1sccc1CC(=O)[O-].[Na+]. The van der Waals surface area contributed by atoms with Gasteiger partial charge < -0.3 is 20.4 Å². The van der Waals surface area contributed by atoms with E-state index in [0.717, 1.165) is 4.88 Å². The summed E-state index contributed by atoms with van der Waals surface area (Å²) in [6.45, 7) is 1.70. The van der Waals surface area contributed by atoms with Crippen LogP contribution in [0.15, 0.2) is 23.1 Å². The number of hydrogen-bond acceptors (Lipinski definition) is 6. The van der Waals surface area contributed by atoms with E-state index in [4.69, 9.17) is 5.73 Å². The number of ether oxygens (including phenoxy) is 1. The third-order valence-corrected chi connectivity index (χ3v) is 3.48. The number of nitrogens with two attached hydrogens (primary N) is 1. The van der Waals surface area contributed by atoms with Crippen LogP contribution in [-0.2, 0) is 20.7 Å². The predicted octanol–water partition coefficient (Wildman–Crippen LogP) is -2.84. The molecule has 0 aromatic carbocycles. The van der Waals surface area contributed by atoms with Crippen molar-refractivity contribution in [2.45, 2.75) is 19.4 Å². The molecular formula is C12H14NNaO4S. The summed E-state index contributed by atoms with van der Waals surface area (Å²) in [4.78, 5) is 22.4. The van der Waals surface area contributed by atoms with Crippen molar-refractivity contribution in [1.82, 2.24) is 0 Å². The Morgan fingerprint density at radius 1 is 1.58 bits per heavy atom. The first-order valence-corrected chi connectivity index (χ1v) is 6.11. The molecule has 0 amide bonds. The zero-order chi connectivity index (χ0) is 13.7. The number of carboxylic acid groups (broad SMARTS) is 1. The maximum atomic E-state index is 11.1. The summed E-state index contributed by atoms with van der Waals surface area (Å²) in [5, 5.41) is 12.4.